The molecule has 0 atom stereocenters. The lowest BCUT2D eigenvalue weighted by Crippen LogP contribution is -2.33. The maximum absolute atomic E-state index is 12.0. The highest BCUT2D eigenvalue weighted by molar-refractivity contribution is 5.92. The summed E-state index contributed by atoms with van der Waals surface area (Å²) in [6.07, 6.45) is 4.96. The molecule has 5 nitrogen and oxygen atoms in total. The van der Waals surface area contributed by atoms with Crippen LogP contribution in [0.4, 0.5) is 0 Å². The number of aliphatic carboxylic acids is 1. The Bertz CT molecular complexity index is 499. The Kier molecular flexibility index (Phi) is 4.04. The number of amides is 1. The summed E-state index contributed by atoms with van der Waals surface area (Å²) in [6.45, 7) is 2.10. The van der Waals surface area contributed by atoms with Crippen LogP contribution >= 0.6 is 0 Å². The molecule has 1 aliphatic rings. The molecule has 0 radical (unpaired) electrons. The van der Waals surface area contributed by atoms with E-state index in [-0.39, 0.29) is 24.9 Å². The summed E-state index contributed by atoms with van der Waals surface area (Å²) in [6, 6.07) is 3.82. The molecule has 1 saturated carbocycles. The summed E-state index contributed by atoms with van der Waals surface area (Å²) in [7, 11) is 0. The second-order valence-electron chi connectivity index (χ2n) is 4.69. The van der Waals surface area contributed by atoms with E-state index < -0.39 is 5.97 Å². The van der Waals surface area contributed by atoms with E-state index in [1.54, 1.807) is 17.0 Å². The summed E-state index contributed by atoms with van der Waals surface area (Å²) >= 11 is 0. The normalized spacial score (nSPS) is 14.8. The molecule has 1 aromatic heterocycles. The van der Waals surface area contributed by atoms with Crippen molar-refractivity contribution in [2.24, 2.45) is 0 Å². The number of carbonyl (C=O) groups excluding carboxylic acids is 1. The fourth-order valence-electron chi connectivity index (χ4n) is 1.87. The van der Waals surface area contributed by atoms with E-state index >= 15 is 0 Å². The lowest BCUT2D eigenvalue weighted by Gasteiger charge is -2.19. The number of nitrogens with zero attached hydrogens (tertiary/aromatic N) is 1. The number of furan rings is 1. The van der Waals surface area contributed by atoms with E-state index in [1.807, 2.05) is 13.0 Å². The van der Waals surface area contributed by atoms with E-state index in [0.29, 0.717) is 5.76 Å². The smallest absolute Gasteiger partial charge is 0.305 e. The van der Waals surface area contributed by atoms with Crippen LogP contribution in [0.3, 0.4) is 0 Å². The summed E-state index contributed by atoms with van der Waals surface area (Å²) < 4.78 is 5.34. The third-order valence-electron chi connectivity index (χ3n) is 2.99. The van der Waals surface area contributed by atoms with Gasteiger partial charge in [0.25, 0.3) is 0 Å². The van der Waals surface area contributed by atoms with Gasteiger partial charge in [-0.05, 0) is 38.0 Å². The molecule has 5 heteroatoms. The highest BCUT2D eigenvalue weighted by Crippen LogP contribution is 2.27. The van der Waals surface area contributed by atoms with Crippen LogP contribution < -0.4 is 0 Å². The predicted molar refractivity (Wildman–Crippen MR) is 69.5 cm³/mol. The van der Waals surface area contributed by atoms with Gasteiger partial charge in [0.1, 0.15) is 11.5 Å². The molecule has 2 rings (SSSR count). The van der Waals surface area contributed by atoms with Crippen LogP contribution in [0.25, 0.3) is 6.08 Å². The van der Waals surface area contributed by atoms with E-state index in [0.717, 1.165) is 18.6 Å². The SMILES string of the molecule is Cc1ccc(/C=C/C(=O)N(CCC(=O)O)C2CC2)o1. The number of rotatable bonds is 6. The van der Waals surface area contributed by atoms with Crippen molar-refractivity contribution >= 4 is 18.0 Å². The van der Waals surface area contributed by atoms with Gasteiger partial charge in [0.05, 0.1) is 6.42 Å². The zero-order valence-electron chi connectivity index (χ0n) is 10.8. The first kappa shape index (κ1) is 13.4. The molecule has 1 heterocycles. The Balaban J connectivity index is 1.95. The molecule has 0 unspecified atom stereocenters. The number of carbonyl (C=O) groups is 2. The monoisotopic (exact) mass is 263 g/mol. The first-order valence-corrected chi connectivity index (χ1v) is 6.33. The molecule has 1 N–H and O–H groups in total. The molecule has 102 valence electrons. The molecular formula is C14H17NO4. The minimum atomic E-state index is -0.885. The van der Waals surface area contributed by atoms with Crippen molar-refractivity contribution in [3.05, 3.63) is 29.7 Å². The van der Waals surface area contributed by atoms with Crippen LogP contribution in [0.1, 0.15) is 30.8 Å². The van der Waals surface area contributed by atoms with E-state index in [1.165, 1.54) is 6.08 Å². The Morgan fingerprint density at radius 1 is 1.47 bits per heavy atom. The molecule has 1 amide bonds. The van der Waals surface area contributed by atoms with Gasteiger partial charge in [-0.3, -0.25) is 9.59 Å². The van der Waals surface area contributed by atoms with Gasteiger partial charge in [-0.15, -0.1) is 0 Å². The number of carboxylic acid groups (broad SMARTS) is 1. The van der Waals surface area contributed by atoms with Crippen molar-refractivity contribution in [1.29, 1.82) is 0 Å². The quantitative estimate of drug-likeness (QED) is 0.797. The molecule has 0 bridgehead atoms. The zero-order chi connectivity index (χ0) is 13.8. The van der Waals surface area contributed by atoms with E-state index in [9.17, 15) is 9.59 Å². The fraction of sp³-hybridized carbons (Fsp3) is 0.429. The summed E-state index contributed by atoms with van der Waals surface area (Å²) in [5.74, 6) is 0.374. The van der Waals surface area contributed by atoms with Gasteiger partial charge in [-0.1, -0.05) is 0 Å². The van der Waals surface area contributed by atoms with Crippen molar-refractivity contribution in [2.45, 2.75) is 32.2 Å². The summed E-state index contributed by atoms with van der Waals surface area (Å²) in [5, 5.41) is 8.69. The van der Waals surface area contributed by atoms with Gasteiger partial charge in [-0.2, -0.15) is 0 Å². The van der Waals surface area contributed by atoms with Crippen LogP contribution in [0, 0.1) is 6.92 Å². The second kappa shape index (κ2) is 5.73. The standard InChI is InChI=1S/C14H17NO4/c1-10-2-5-12(19-10)6-7-13(16)15(11-3-4-11)9-8-14(17)18/h2,5-7,11H,3-4,8-9H2,1H3,(H,17,18)/b7-6+. The lowest BCUT2D eigenvalue weighted by atomic mass is 10.3. The van der Waals surface area contributed by atoms with Crippen LogP contribution in [0.2, 0.25) is 0 Å². The minimum Gasteiger partial charge on any atom is -0.481 e. The van der Waals surface area contributed by atoms with Crippen molar-refractivity contribution in [3.8, 4) is 0 Å². The van der Waals surface area contributed by atoms with Crippen molar-refractivity contribution < 1.29 is 19.1 Å². The second-order valence-corrected chi connectivity index (χ2v) is 4.69. The molecule has 0 aliphatic heterocycles. The average molecular weight is 263 g/mol. The number of aryl methyl sites for hydroxylation is 1. The molecule has 0 aromatic carbocycles. The molecule has 0 spiro atoms. The third-order valence-corrected chi connectivity index (χ3v) is 2.99. The largest absolute Gasteiger partial charge is 0.481 e. The highest BCUT2D eigenvalue weighted by Gasteiger charge is 2.31. The lowest BCUT2D eigenvalue weighted by molar-refractivity contribution is -0.138. The van der Waals surface area contributed by atoms with Gasteiger partial charge >= 0.3 is 5.97 Å². The molecule has 1 fully saturated rings. The number of carboxylic acids is 1. The predicted octanol–water partition coefficient (Wildman–Crippen LogP) is 2.07. The van der Waals surface area contributed by atoms with Gasteiger partial charge < -0.3 is 14.4 Å². The molecular weight excluding hydrogens is 246 g/mol. The molecule has 1 aliphatic carbocycles. The van der Waals surface area contributed by atoms with E-state index in [2.05, 4.69) is 0 Å². The van der Waals surface area contributed by atoms with E-state index in [4.69, 9.17) is 9.52 Å². The van der Waals surface area contributed by atoms with Crippen molar-refractivity contribution in [2.75, 3.05) is 6.54 Å². The Morgan fingerprint density at radius 3 is 2.74 bits per heavy atom. The van der Waals surface area contributed by atoms with Crippen LogP contribution in [0.5, 0.6) is 0 Å². The number of hydrogen-bond acceptors (Lipinski definition) is 3. The highest BCUT2D eigenvalue weighted by atomic mass is 16.4. The van der Waals surface area contributed by atoms with Crippen LogP contribution in [0.15, 0.2) is 22.6 Å². The van der Waals surface area contributed by atoms with Crippen molar-refractivity contribution in [3.63, 3.8) is 0 Å². The van der Waals surface area contributed by atoms with Crippen molar-refractivity contribution in [1.82, 2.24) is 4.90 Å². The van der Waals surface area contributed by atoms with Crippen LogP contribution in [-0.4, -0.2) is 34.5 Å². The maximum Gasteiger partial charge on any atom is 0.305 e. The summed E-state index contributed by atoms with van der Waals surface area (Å²) in [5.41, 5.74) is 0. The zero-order valence-corrected chi connectivity index (χ0v) is 10.8. The minimum absolute atomic E-state index is 0.0179. The van der Waals surface area contributed by atoms with Gasteiger partial charge in [0.15, 0.2) is 0 Å². The Labute approximate surface area is 111 Å². The van der Waals surface area contributed by atoms with Gasteiger partial charge in [0.2, 0.25) is 5.91 Å². The first-order chi connectivity index (χ1) is 9.06. The fourth-order valence-corrected chi connectivity index (χ4v) is 1.87. The Morgan fingerprint density at radius 2 is 2.21 bits per heavy atom. The topological polar surface area (TPSA) is 70.8 Å². The molecule has 0 saturated heterocycles. The first-order valence-electron chi connectivity index (χ1n) is 6.33. The summed E-state index contributed by atoms with van der Waals surface area (Å²) in [4.78, 5) is 24.2. The number of hydrogen-bond donors (Lipinski definition) is 1. The Hall–Kier alpha value is -2.04. The van der Waals surface area contributed by atoms with Gasteiger partial charge in [-0.25, -0.2) is 0 Å². The van der Waals surface area contributed by atoms with Crippen LogP contribution in [-0.2, 0) is 9.59 Å². The molecule has 19 heavy (non-hydrogen) atoms. The maximum atomic E-state index is 12.0. The average Bonchev–Trinajstić information content (AvgIpc) is 3.09. The third kappa shape index (κ3) is 3.98. The molecule has 1 aromatic rings. The van der Waals surface area contributed by atoms with Gasteiger partial charge in [0, 0.05) is 18.7 Å².